The molecule has 0 unspecified atom stereocenters. The second kappa shape index (κ2) is 8.30. The molecular weight excluding hydrogens is 362 g/mol. The molecule has 0 saturated carbocycles. The quantitative estimate of drug-likeness (QED) is 0.510. The van der Waals surface area contributed by atoms with Crippen LogP contribution in [0.15, 0.2) is 47.7 Å². The third kappa shape index (κ3) is 4.32. The molecule has 1 amide bonds. The first-order valence-electron chi connectivity index (χ1n) is 8.60. The van der Waals surface area contributed by atoms with Gasteiger partial charge in [-0.1, -0.05) is 12.1 Å². The van der Waals surface area contributed by atoms with Gasteiger partial charge in [0.15, 0.2) is 5.65 Å². The minimum Gasteiger partial charge on any atom is -0.463 e. The Balaban J connectivity index is 1.64. The fraction of sp³-hybridized carbons (Fsp3) is 0.211. The summed E-state index contributed by atoms with van der Waals surface area (Å²) in [7, 11) is 1.69. The first kappa shape index (κ1) is 19.0. The number of aromatic nitrogens is 4. The Morgan fingerprint density at radius 3 is 2.71 bits per heavy atom. The van der Waals surface area contributed by atoms with Crippen LogP contribution in [0.3, 0.4) is 0 Å². The summed E-state index contributed by atoms with van der Waals surface area (Å²) >= 11 is 0. The van der Waals surface area contributed by atoms with Gasteiger partial charge >= 0.3 is 5.97 Å². The number of esters is 1. The third-order valence-electron chi connectivity index (χ3n) is 3.92. The molecule has 2 heterocycles. The van der Waals surface area contributed by atoms with Crippen molar-refractivity contribution in [2.24, 2.45) is 7.05 Å². The van der Waals surface area contributed by atoms with Crippen LogP contribution in [0, 0.1) is 0 Å². The number of ether oxygens (including phenoxy) is 1. The number of hydrogen-bond donors (Lipinski definition) is 1. The topological polar surface area (TPSA) is 108 Å². The number of hydrogen-bond acceptors (Lipinski definition) is 6. The van der Waals surface area contributed by atoms with E-state index < -0.39 is 5.97 Å². The van der Waals surface area contributed by atoms with E-state index in [-0.39, 0.29) is 18.0 Å². The first-order valence-corrected chi connectivity index (χ1v) is 8.60. The van der Waals surface area contributed by atoms with Crippen molar-refractivity contribution in [1.29, 1.82) is 0 Å². The Hall–Kier alpha value is -3.75. The van der Waals surface area contributed by atoms with E-state index in [2.05, 4.69) is 15.4 Å². The molecule has 1 N–H and O–H groups in total. The number of rotatable bonds is 6. The van der Waals surface area contributed by atoms with Crippen LogP contribution in [0.25, 0.3) is 17.1 Å². The minimum atomic E-state index is -0.412. The number of nitrogens with zero attached hydrogens (tertiary/aromatic N) is 4. The molecule has 0 aliphatic rings. The molecule has 2 aromatic heterocycles. The number of carbonyl (C=O) groups excluding carboxylic acids is 2. The van der Waals surface area contributed by atoms with Crippen molar-refractivity contribution in [2.45, 2.75) is 13.5 Å². The molecule has 0 fully saturated rings. The Morgan fingerprint density at radius 2 is 2.00 bits per heavy atom. The Bertz CT molecular complexity index is 1100. The summed E-state index contributed by atoms with van der Waals surface area (Å²) in [5.41, 5.74) is 1.50. The van der Waals surface area contributed by atoms with Crippen LogP contribution < -0.4 is 10.9 Å². The van der Waals surface area contributed by atoms with E-state index in [1.165, 1.54) is 27.8 Å². The molecule has 9 nitrogen and oxygen atoms in total. The lowest BCUT2D eigenvalue weighted by atomic mass is 10.2. The number of aryl methyl sites for hydroxylation is 1. The number of amides is 1. The molecule has 9 heteroatoms. The lowest BCUT2D eigenvalue weighted by molar-refractivity contribution is -0.137. The van der Waals surface area contributed by atoms with E-state index >= 15 is 0 Å². The van der Waals surface area contributed by atoms with E-state index in [1.807, 2.05) is 0 Å². The molecule has 0 aliphatic heterocycles. The number of carbonyl (C=O) groups is 2. The van der Waals surface area contributed by atoms with Gasteiger partial charge in [0.2, 0.25) is 5.91 Å². The van der Waals surface area contributed by atoms with Crippen LogP contribution in [-0.2, 0) is 27.9 Å². The number of fused-ring (bicyclic) bond motifs is 1. The molecule has 0 spiro atoms. The van der Waals surface area contributed by atoms with Gasteiger partial charge in [0.05, 0.1) is 12.8 Å². The highest BCUT2D eigenvalue weighted by atomic mass is 16.5. The standard InChI is InChI=1S/C19H19N5O4/c1-3-28-17(26)9-6-13-4-7-14(8-5-13)22-16(25)11-24-12-20-18-15(19(24)27)10-21-23(18)2/h4-10,12H,3,11H2,1-2H3,(H,22,25)/b9-6+. The van der Waals surface area contributed by atoms with Crippen molar-refractivity contribution in [3.63, 3.8) is 0 Å². The average Bonchev–Trinajstić information content (AvgIpc) is 3.05. The molecule has 0 radical (unpaired) electrons. The van der Waals surface area contributed by atoms with E-state index in [0.29, 0.717) is 23.3 Å². The summed E-state index contributed by atoms with van der Waals surface area (Å²) in [6.45, 7) is 1.89. The smallest absolute Gasteiger partial charge is 0.330 e. The minimum absolute atomic E-state index is 0.165. The highest BCUT2D eigenvalue weighted by Gasteiger charge is 2.11. The van der Waals surface area contributed by atoms with Crippen molar-refractivity contribution in [3.05, 3.63) is 58.8 Å². The highest BCUT2D eigenvalue weighted by Crippen LogP contribution is 2.11. The molecule has 3 rings (SSSR count). The molecule has 1 aromatic carbocycles. The summed E-state index contributed by atoms with van der Waals surface area (Å²) in [6, 6.07) is 6.91. The van der Waals surface area contributed by atoms with Crippen molar-refractivity contribution in [1.82, 2.24) is 19.3 Å². The van der Waals surface area contributed by atoms with Gasteiger partial charge in [0.1, 0.15) is 18.3 Å². The molecule has 0 aliphatic carbocycles. The van der Waals surface area contributed by atoms with Crippen LogP contribution in [0.2, 0.25) is 0 Å². The third-order valence-corrected chi connectivity index (χ3v) is 3.92. The Labute approximate surface area is 160 Å². The van der Waals surface area contributed by atoms with Crippen LogP contribution in [0.1, 0.15) is 12.5 Å². The fourth-order valence-electron chi connectivity index (χ4n) is 2.57. The summed E-state index contributed by atoms with van der Waals surface area (Å²) in [5, 5.41) is 7.07. The summed E-state index contributed by atoms with van der Waals surface area (Å²) < 4.78 is 7.54. The largest absolute Gasteiger partial charge is 0.463 e. The van der Waals surface area contributed by atoms with Crippen LogP contribution in [-0.4, -0.2) is 37.8 Å². The molecule has 3 aromatic rings. The van der Waals surface area contributed by atoms with E-state index in [9.17, 15) is 14.4 Å². The molecular formula is C19H19N5O4. The molecule has 0 bridgehead atoms. The van der Waals surface area contributed by atoms with Crippen LogP contribution in [0.4, 0.5) is 5.69 Å². The van der Waals surface area contributed by atoms with Gasteiger partial charge in [-0.2, -0.15) is 5.10 Å². The van der Waals surface area contributed by atoms with Gasteiger partial charge in [-0.05, 0) is 30.7 Å². The predicted octanol–water partition coefficient (Wildman–Crippen LogP) is 1.34. The summed E-state index contributed by atoms with van der Waals surface area (Å²) in [5.74, 6) is -0.772. The summed E-state index contributed by atoms with van der Waals surface area (Å²) in [4.78, 5) is 40.1. The van der Waals surface area contributed by atoms with E-state index in [1.54, 1.807) is 44.3 Å². The van der Waals surface area contributed by atoms with Crippen molar-refractivity contribution in [2.75, 3.05) is 11.9 Å². The fourth-order valence-corrected chi connectivity index (χ4v) is 2.57. The predicted molar refractivity (Wildman–Crippen MR) is 104 cm³/mol. The molecule has 144 valence electrons. The average molecular weight is 381 g/mol. The van der Waals surface area contributed by atoms with E-state index in [0.717, 1.165) is 5.56 Å². The maximum Gasteiger partial charge on any atom is 0.330 e. The SMILES string of the molecule is CCOC(=O)/C=C/c1ccc(NC(=O)Cn2cnc3c(cnn3C)c2=O)cc1. The van der Waals surface area contributed by atoms with Gasteiger partial charge in [-0.3, -0.25) is 18.8 Å². The maximum absolute atomic E-state index is 12.4. The van der Waals surface area contributed by atoms with Gasteiger partial charge < -0.3 is 10.1 Å². The lowest BCUT2D eigenvalue weighted by Gasteiger charge is -2.07. The highest BCUT2D eigenvalue weighted by molar-refractivity contribution is 5.91. The molecule has 28 heavy (non-hydrogen) atoms. The number of anilines is 1. The van der Waals surface area contributed by atoms with E-state index in [4.69, 9.17) is 4.74 Å². The lowest BCUT2D eigenvalue weighted by Crippen LogP contribution is -2.27. The van der Waals surface area contributed by atoms with Gasteiger partial charge in [0.25, 0.3) is 5.56 Å². The molecule has 0 atom stereocenters. The van der Waals surface area contributed by atoms with Crippen LogP contribution >= 0.6 is 0 Å². The zero-order valence-electron chi connectivity index (χ0n) is 15.5. The van der Waals surface area contributed by atoms with Crippen molar-refractivity contribution < 1.29 is 14.3 Å². The van der Waals surface area contributed by atoms with Gasteiger partial charge in [-0.15, -0.1) is 0 Å². The Morgan fingerprint density at radius 1 is 1.25 bits per heavy atom. The zero-order chi connectivity index (χ0) is 20.1. The maximum atomic E-state index is 12.4. The first-order chi connectivity index (χ1) is 13.5. The normalized spacial score (nSPS) is 11.1. The van der Waals surface area contributed by atoms with Crippen LogP contribution in [0.5, 0.6) is 0 Å². The Kier molecular flexibility index (Phi) is 5.64. The second-order valence-corrected chi connectivity index (χ2v) is 5.94. The number of benzene rings is 1. The summed E-state index contributed by atoms with van der Waals surface area (Å²) in [6.07, 6.45) is 5.72. The van der Waals surface area contributed by atoms with Crippen molar-refractivity contribution >= 4 is 34.7 Å². The van der Waals surface area contributed by atoms with Gasteiger partial charge in [-0.25, -0.2) is 9.78 Å². The molecule has 0 saturated heterocycles. The monoisotopic (exact) mass is 381 g/mol. The zero-order valence-corrected chi connectivity index (χ0v) is 15.5. The number of nitrogens with one attached hydrogen (secondary N) is 1. The van der Waals surface area contributed by atoms with Gasteiger partial charge in [0, 0.05) is 18.8 Å². The second-order valence-electron chi connectivity index (χ2n) is 5.94. The van der Waals surface area contributed by atoms with Crippen molar-refractivity contribution in [3.8, 4) is 0 Å².